The molecule has 2 aliphatic carbocycles. The normalized spacial score (nSPS) is 26.2. The Morgan fingerprint density at radius 2 is 1.53 bits per heavy atom. The molecule has 4 unspecified atom stereocenters. The highest BCUT2D eigenvalue weighted by Crippen LogP contribution is 2.53. The molecule has 3 aliphatic rings. The second kappa shape index (κ2) is 7.13. The quantitative estimate of drug-likeness (QED) is 0.607. The van der Waals surface area contributed by atoms with E-state index in [1.807, 2.05) is 43.3 Å². The van der Waals surface area contributed by atoms with E-state index in [2.05, 4.69) is 22.8 Å². The predicted octanol–water partition coefficient (Wildman–Crippen LogP) is 3.63. The van der Waals surface area contributed by atoms with Crippen LogP contribution in [0.3, 0.4) is 0 Å². The Hall–Kier alpha value is -3.41. The molecule has 4 atom stereocenters. The number of hydrogen-bond donors (Lipinski definition) is 2. The number of rotatable bonds is 4. The molecule has 1 saturated carbocycles. The van der Waals surface area contributed by atoms with Crippen LogP contribution in [0.15, 0.2) is 60.7 Å². The molecule has 1 aliphatic heterocycles. The molecule has 30 heavy (non-hydrogen) atoms. The van der Waals surface area contributed by atoms with Crippen molar-refractivity contribution in [3.63, 3.8) is 0 Å². The monoisotopic (exact) mass is 401 g/mol. The van der Waals surface area contributed by atoms with E-state index in [4.69, 9.17) is 0 Å². The van der Waals surface area contributed by atoms with Crippen LogP contribution in [-0.4, -0.2) is 17.8 Å². The Morgan fingerprint density at radius 3 is 2.13 bits per heavy atom. The van der Waals surface area contributed by atoms with Gasteiger partial charge >= 0.3 is 6.03 Å². The van der Waals surface area contributed by atoms with Gasteiger partial charge in [0, 0.05) is 12.2 Å². The molecular formula is C24H23N3O3. The minimum atomic E-state index is -0.288. The van der Waals surface area contributed by atoms with Crippen molar-refractivity contribution >= 4 is 29.2 Å². The maximum Gasteiger partial charge on any atom is 0.319 e. The van der Waals surface area contributed by atoms with Gasteiger partial charge in [-0.1, -0.05) is 42.0 Å². The number of urea groups is 1. The standard InChI is InChI=1S/C24H23N3O3/c1-14-2-8-18(9-3-14)26-24(30)25-13-15-4-10-19(11-5-15)27-22(28)20-16-6-7-17(12-16)21(20)23(27)29/h2-11,16-17,20-21H,12-13H2,1H3,(H2,25,26,30). The van der Waals surface area contributed by atoms with Gasteiger partial charge in [0.25, 0.3) is 0 Å². The van der Waals surface area contributed by atoms with Crippen LogP contribution < -0.4 is 15.5 Å². The van der Waals surface area contributed by atoms with Gasteiger partial charge in [-0.25, -0.2) is 4.79 Å². The Morgan fingerprint density at radius 1 is 0.933 bits per heavy atom. The van der Waals surface area contributed by atoms with Gasteiger partial charge in [0.1, 0.15) is 0 Å². The molecule has 2 fully saturated rings. The zero-order valence-corrected chi connectivity index (χ0v) is 16.7. The number of nitrogens with one attached hydrogen (secondary N) is 2. The number of amides is 4. The van der Waals surface area contributed by atoms with Gasteiger partial charge < -0.3 is 10.6 Å². The number of fused-ring (bicyclic) bond motifs is 5. The number of anilines is 2. The van der Waals surface area contributed by atoms with E-state index in [0.717, 1.165) is 23.2 Å². The summed E-state index contributed by atoms with van der Waals surface area (Å²) in [5, 5.41) is 5.61. The fourth-order valence-corrected chi connectivity index (χ4v) is 4.91. The van der Waals surface area contributed by atoms with E-state index < -0.39 is 0 Å². The molecule has 5 rings (SSSR count). The number of hydrogen-bond acceptors (Lipinski definition) is 3. The summed E-state index contributed by atoms with van der Waals surface area (Å²) in [7, 11) is 0. The summed E-state index contributed by atoms with van der Waals surface area (Å²) in [6, 6.07) is 14.5. The highest BCUT2D eigenvalue weighted by Gasteiger charge is 2.59. The van der Waals surface area contributed by atoms with Crippen molar-refractivity contribution in [3.05, 3.63) is 71.8 Å². The summed E-state index contributed by atoms with van der Waals surface area (Å²) < 4.78 is 0. The third kappa shape index (κ3) is 3.09. The number of benzene rings is 2. The third-order valence-corrected chi connectivity index (χ3v) is 6.43. The number of carbonyl (C=O) groups is 3. The van der Waals surface area contributed by atoms with Crippen molar-refractivity contribution in [2.24, 2.45) is 23.7 Å². The van der Waals surface area contributed by atoms with Crippen molar-refractivity contribution in [2.75, 3.05) is 10.2 Å². The first-order valence-electron chi connectivity index (χ1n) is 10.3. The second-order valence-electron chi connectivity index (χ2n) is 8.35. The van der Waals surface area contributed by atoms with Gasteiger partial charge in [0.15, 0.2) is 0 Å². The molecule has 2 aromatic carbocycles. The van der Waals surface area contributed by atoms with Crippen LogP contribution in [0.25, 0.3) is 0 Å². The molecule has 2 N–H and O–H groups in total. The van der Waals surface area contributed by atoms with E-state index in [1.54, 1.807) is 12.1 Å². The van der Waals surface area contributed by atoms with Gasteiger partial charge in [0.2, 0.25) is 11.8 Å². The summed E-state index contributed by atoms with van der Waals surface area (Å²) in [5.41, 5.74) is 3.35. The van der Waals surface area contributed by atoms with Gasteiger partial charge in [-0.2, -0.15) is 0 Å². The van der Waals surface area contributed by atoms with Crippen LogP contribution in [0, 0.1) is 30.6 Å². The SMILES string of the molecule is Cc1ccc(NC(=O)NCc2ccc(N3C(=O)C4C5C=CC(C5)C4C3=O)cc2)cc1. The highest BCUT2D eigenvalue weighted by atomic mass is 16.2. The van der Waals surface area contributed by atoms with Gasteiger partial charge in [-0.05, 0) is 55.0 Å². The molecule has 2 bridgehead atoms. The number of allylic oxidation sites excluding steroid dienone is 2. The maximum atomic E-state index is 12.9. The highest BCUT2D eigenvalue weighted by molar-refractivity contribution is 6.22. The average Bonchev–Trinajstić information content (AvgIpc) is 3.43. The lowest BCUT2D eigenvalue weighted by atomic mass is 9.85. The van der Waals surface area contributed by atoms with E-state index in [9.17, 15) is 14.4 Å². The molecule has 6 nitrogen and oxygen atoms in total. The first-order chi connectivity index (χ1) is 14.5. The predicted molar refractivity (Wildman–Crippen MR) is 114 cm³/mol. The number of imide groups is 1. The van der Waals surface area contributed by atoms with E-state index in [-0.39, 0.29) is 41.5 Å². The van der Waals surface area contributed by atoms with Crippen LogP contribution >= 0.6 is 0 Å². The molecule has 0 radical (unpaired) electrons. The molecule has 1 heterocycles. The summed E-state index contributed by atoms with van der Waals surface area (Å²) in [6.07, 6.45) is 5.11. The van der Waals surface area contributed by atoms with Crippen molar-refractivity contribution in [1.29, 1.82) is 0 Å². The van der Waals surface area contributed by atoms with Crippen LogP contribution in [-0.2, 0) is 16.1 Å². The lowest BCUT2D eigenvalue weighted by Crippen LogP contribution is -2.32. The second-order valence-corrected chi connectivity index (χ2v) is 8.35. The maximum absolute atomic E-state index is 12.9. The first-order valence-corrected chi connectivity index (χ1v) is 10.3. The lowest BCUT2D eigenvalue weighted by Gasteiger charge is -2.17. The number of aryl methyl sites for hydroxylation is 1. The van der Waals surface area contributed by atoms with E-state index in [0.29, 0.717) is 12.2 Å². The van der Waals surface area contributed by atoms with Crippen LogP contribution in [0.4, 0.5) is 16.2 Å². The van der Waals surface area contributed by atoms with Crippen molar-refractivity contribution in [3.8, 4) is 0 Å². The van der Waals surface area contributed by atoms with Crippen molar-refractivity contribution in [2.45, 2.75) is 19.9 Å². The third-order valence-electron chi connectivity index (χ3n) is 6.43. The van der Waals surface area contributed by atoms with E-state index >= 15 is 0 Å². The van der Waals surface area contributed by atoms with Crippen molar-refractivity contribution in [1.82, 2.24) is 5.32 Å². The van der Waals surface area contributed by atoms with Gasteiger partial charge in [0.05, 0.1) is 17.5 Å². The van der Waals surface area contributed by atoms with E-state index in [1.165, 1.54) is 4.90 Å². The topological polar surface area (TPSA) is 78.5 Å². The first kappa shape index (κ1) is 18.6. The zero-order valence-electron chi connectivity index (χ0n) is 16.7. The Bertz CT molecular complexity index is 1010. The molecule has 2 aromatic rings. The molecular weight excluding hydrogens is 378 g/mol. The zero-order chi connectivity index (χ0) is 20.8. The molecule has 0 aromatic heterocycles. The minimum absolute atomic E-state index is 0.0785. The summed E-state index contributed by atoms with van der Waals surface area (Å²) in [5.74, 6) is -0.136. The number of carbonyl (C=O) groups excluding carboxylic acids is 3. The fourth-order valence-electron chi connectivity index (χ4n) is 4.91. The smallest absolute Gasteiger partial charge is 0.319 e. The molecule has 152 valence electrons. The summed E-state index contributed by atoms with van der Waals surface area (Å²) in [4.78, 5) is 39.2. The molecule has 4 amide bonds. The lowest BCUT2D eigenvalue weighted by molar-refractivity contribution is -0.123. The molecule has 0 spiro atoms. The average molecular weight is 401 g/mol. The fraction of sp³-hybridized carbons (Fsp3) is 0.292. The van der Waals surface area contributed by atoms with Crippen LogP contribution in [0.1, 0.15) is 17.5 Å². The number of nitrogens with zero attached hydrogens (tertiary/aromatic N) is 1. The Labute approximate surface area is 175 Å². The van der Waals surface area contributed by atoms with Crippen LogP contribution in [0.2, 0.25) is 0 Å². The molecule has 6 heteroatoms. The molecule has 1 saturated heterocycles. The summed E-state index contributed by atoms with van der Waals surface area (Å²) in [6.45, 7) is 2.34. The van der Waals surface area contributed by atoms with Crippen LogP contribution in [0.5, 0.6) is 0 Å². The van der Waals surface area contributed by atoms with Gasteiger partial charge in [-0.15, -0.1) is 0 Å². The Kier molecular flexibility index (Phi) is 4.42. The Balaban J connectivity index is 1.21. The van der Waals surface area contributed by atoms with Gasteiger partial charge in [-0.3, -0.25) is 14.5 Å². The largest absolute Gasteiger partial charge is 0.334 e. The summed E-state index contributed by atoms with van der Waals surface area (Å²) >= 11 is 0. The minimum Gasteiger partial charge on any atom is -0.334 e. The van der Waals surface area contributed by atoms with Crippen molar-refractivity contribution < 1.29 is 14.4 Å².